The average Bonchev–Trinajstić information content (AvgIpc) is 2.86. The van der Waals surface area contributed by atoms with Gasteiger partial charge in [-0.05, 0) is 19.1 Å². The van der Waals surface area contributed by atoms with Gasteiger partial charge in [-0.1, -0.05) is 17.7 Å². The fourth-order valence-corrected chi connectivity index (χ4v) is 1.95. The Morgan fingerprint density at radius 2 is 2.28 bits per heavy atom. The Labute approximate surface area is 111 Å². The van der Waals surface area contributed by atoms with Crippen molar-refractivity contribution >= 4 is 11.6 Å². The van der Waals surface area contributed by atoms with E-state index < -0.39 is 6.10 Å². The summed E-state index contributed by atoms with van der Waals surface area (Å²) in [6, 6.07) is 5.17. The molecule has 0 bridgehead atoms. The van der Waals surface area contributed by atoms with Crippen LogP contribution in [0.2, 0.25) is 5.02 Å². The Balaban J connectivity index is 2.35. The summed E-state index contributed by atoms with van der Waals surface area (Å²) in [5.41, 5.74) is 1.41. The van der Waals surface area contributed by atoms with Crippen molar-refractivity contribution in [2.75, 3.05) is 7.11 Å². The Bertz CT molecular complexity index is 540. The first-order valence-electron chi connectivity index (χ1n) is 5.69. The maximum atomic E-state index is 10.3. The molecule has 18 heavy (non-hydrogen) atoms. The first-order chi connectivity index (χ1) is 8.65. The van der Waals surface area contributed by atoms with E-state index in [4.69, 9.17) is 16.3 Å². The largest absolute Gasteiger partial charge is 0.496 e. The highest BCUT2D eigenvalue weighted by Crippen LogP contribution is 2.31. The molecular formula is C13H15ClN2O2. The lowest BCUT2D eigenvalue weighted by molar-refractivity contribution is 0.214. The van der Waals surface area contributed by atoms with Crippen LogP contribution in [0, 0.1) is 0 Å². The second-order valence-corrected chi connectivity index (χ2v) is 4.35. The number of methoxy groups -OCH3 is 1. The number of aliphatic hydroxyl groups excluding tert-OH is 1. The van der Waals surface area contributed by atoms with Crippen molar-refractivity contribution in [3.8, 4) is 5.75 Å². The van der Waals surface area contributed by atoms with Gasteiger partial charge in [-0.15, -0.1) is 0 Å². The van der Waals surface area contributed by atoms with E-state index in [2.05, 4.69) is 5.10 Å². The van der Waals surface area contributed by atoms with E-state index in [0.717, 1.165) is 12.1 Å². The summed E-state index contributed by atoms with van der Waals surface area (Å²) in [5.74, 6) is 0.569. The summed E-state index contributed by atoms with van der Waals surface area (Å²) in [7, 11) is 1.55. The van der Waals surface area contributed by atoms with E-state index in [0.29, 0.717) is 16.3 Å². The van der Waals surface area contributed by atoms with Gasteiger partial charge in [0.15, 0.2) is 0 Å². The summed E-state index contributed by atoms with van der Waals surface area (Å²) in [6.45, 7) is 2.76. The minimum absolute atomic E-state index is 0.569. The molecule has 1 heterocycles. The third-order valence-corrected chi connectivity index (χ3v) is 3.02. The van der Waals surface area contributed by atoms with E-state index in [1.807, 2.05) is 13.1 Å². The highest BCUT2D eigenvalue weighted by Gasteiger charge is 2.17. The molecule has 2 aromatic rings. The number of aromatic nitrogens is 2. The van der Waals surface area contributed by atoms with Gasteiger partial charge in [0.05, 0.1) is 13.3 Å². The predicted octanol–water partition coefficient (Wildman–Crippen LogP) is 2.65. The number of hydrogen-bond acceptors (Lipinski definition) is 3. The maximum Gasteiger partial charge on any atom is 0.126 e. The minimum atomic E-state index is -0.766. The van der Waals surface area contributed by atoms with Crippen molar-refractivity contribution in [1.29, 1.82) is 0 Å². The molecule has 5 heteroatoms. The number of aryl methyl sites for hydroxylation is 1. The fourth-order valence-electron chi connectivity index (χ4n) is 1.78. The molecule has 96 valence electrons. The van der Waals surface area contributed by atoms with Crippen LogP contribution >= 0.6 is 11.6 Å². The number of aliphatic hydroxyl groups is 1. The molecule has 0 fully saturated rings. The Hall–Kier alpha value is -1.52. The molecule has 0 aliphatic rings. The van der Waals surface area contributed by atoms with Crippen molar-refractivity contribution in [3.05, 3.63) is 46.7 Å². The molecule has 1 aromatic heterocycles. The normalized spacial score (nSPS) is 12.4. The van der Waals surface area contributed by atoms with Crippen LogP contribution in [-0.4, -0.2) is 22.0 Å². The number of ether oxygens (including phenoxy) is 1. The molecular weight excluding hydrogens is 252 g/mol. The quantitative estimate of drug-likeness (QED) is 0.925. The number of halogens is 1. The highest BCUT2D eigenvalue weighted by atomic mass is 35.5. The van der Waals surface area contributed by atoms with Gasteiger partial charge >= 0.3 is 0 Å². The Morgan fingerprint density at radius 3 is 2.89 bits per heavy atom. The van der Waals surface area contributed by atoms with E-state index in [9.17, 15) is 5.11 Å². The number of nitrogens with zero attached hydrogens (tertiary/aromatic N) is 2. The van der Waals surface area contributed by atoms with Crippen molar-refractivity contribution in [1.82, 2.24) is 9.78 Å². The summed E-state index contributed by atoms with van der Waals surface area (Å²) in [6.07, 6.45) is 2.71. The van der Waals surface area contributed by atoms with Gasteiger partial charge in [0.25, 0.3) is 0 Å². The molecule has 1 aromatic carbocycles. The van der Waals surface area contributed by atoms with Crippen LogP contribution in [-0.2, 0) is 6.54 Å². The van der Waals surface area contributed by atoms with Crippen LogP contribution < -0.4 is 4.74 Å². The molecule has 0 amide bonds. The van der Waals surface area contributed by atoms with E-state index in [-0.39, 0.29) is 0 Å². The van der Waals surface area contributed by atoms with Gasteiger partial charge in [-0.25, -0.2) is 0 Å². The third kappa shape index (κ3) is 2.49. The third-order valence-electron chi connectivity index (χ3n) is 2.78. The van der Waals surface area contributed by atoms with Crippen LogP contribution in [0.4, 0.5) is 0 Å². The summed E-state index contributed by atoms with van der Waals surface area (Å²) >= 11 is 5.89. The van der Waals surface area contributed by atoms with Gasteiger partial charge in [0.1, 0.15) is 11.9 Å². The minimum Gasteiger partial charge on any atom is -0.496 e. The lowest BCUT2D eigenvalue weighted by Crippen LogP contribution is -2.01. The Morgan fingerprint density at radius 1 is 1.50 bits per heavy atom. The second kappa shape index (κ2) is 5.42. The molecule has 0 aliphatic carbocycles. The standard InChI is InChI=1S/C13H15ClN2O2/c1-3-16-8-9(7-15-16)13(17)11-5-4-10(14)6-12(11)18-2/h4-8,13,17H,3H2,1-2H3. The zero-order valence-electron chi connectivity index (χ0n) is 10.3. The van der Waals surface area contributed by atoms with Gasteiger partial charge in [-0.3, -0.25) is 4.68 Å². The molecule has 2 rings (SSSR count). The van der Waals surface area contributed by atoms with E-state index in [1.54, 1.807) is 36.2 Å². The lowest BCUT2D eigenvalue weighted by Gasteiger charge is -2.13. The molecule has 4 nitrogen and oxygen atoms in total. The SMILES string of the molecule is CCn1cc(C(O)c2ccc(Cl)cc2OC)cn1. The molecule has 1 N–H and O–H groups in total. The monoisotopic (exact) mass is 266 g/mol. The number of rotatable bonds is 4. The first kappa shape index (κ1) is 12.9. The van der Waals surface area contributed by atoms with Crippen LogP contribution in [0.25, 0.3) is 0 Å². The summed E-state index contributed by atoms with van der Waals surface area (Å²) < 4.78 is 7.00. The second-order valence-electron chi connectivity index (χ2n) is 3.92. The molecule has 0 saturated carbocycles. The van der Waals surface area contributed by atoms with E-state index in [1.165, 1.54) is 0 Å². The highest BCUT2D eigenvalue weighted by molar-refractivity contribution is 6.30. The topological polar surface area (TPSA) is 47.3 Å². The smallest absolute Gasteiger partial charge is 0.126 e. The fraction of sp³-hybridized carbons (Fsp3) is 0.308. The molecule has 0 saturated heterocycles. The average molecular weight is 267 g/mol. The zero-order chi connectivity index (χ0) is 13.1. The van der Waals surface area contributed by atoms with Crippen LogP contribution in [0.1, 0.15) is 24.2 Å². The van der Waals surface area contributed by atoms with Crippen LogP contribution in [0.3, 0.4) is 0 Å². The molecule has 0 aliphatic heterocycles. The van der Waals surface area contributed by atoms with Gasteiger partial charge in [-0.2, -0.15) is 5.10 Å². The number of benzene rings is 1. The van der Waals surface area contributed by atoms with E-state index >= 15 is 0 Å². The van der Waals surface area contributed by atoms with Gasteiger partial charge in [0, 0.05) is 28.9 Å². The van der Waals surface area contributed by atoms with Crippen molar-refractivity contribution in [2.45, 2.75) is 19.6 Å². The molecule has 1 unspecified atom stereocenters. The predicted molar refractivity (Wildman–Crippen MR) is 70.0 cm³/mol. The van der Waals surface area contributed by atoms with Crippen molar-refractivity contribution < 1.29 is 9.84 Å². The maximum absolute atomic E-state index is 10.3. The van der Waals surface area contributed by atoms with Gasteiger partial charge in [0.2, 0.25) is 0 Å². The summed E-state index contributed by atoms with van der Waals surface area (Å²) in [5, 5.41) is 15.0. The van der Waals surface area contributed by atoms with Gasteiger partial charge < -0.3 is 9.84 Å². The lowest BCUT2D eigenvalue weighted by atomic mass is 10.0. The molecule has 0 radical (unpaired) electrons. The Kier molecular flexibility index (Phi) is 3.89. The molecule has 0 spiro atoms. The van der Waals surface area contributed by atoms with Crippen LogP contribution in [0.15, 0.2) is 30.6 Å². The number of hydrogen-bond donors (Lipinski definition) is 1. The van der Waals surface area contributed by atoms with Crippen LogP contribution in [0.5, 0.6) is 5.75 Å². The van der Waals surface area contributed by atoms with Crippen molar-refractivity contribution in [3.63, 3.8) is 0 Å². The first-order valence-corrected chi connectivity index (χ1v) is 6.07. The van der Waals surface area contributed by atoms with Crippen molar-refractivity contribution in [2.24, 2.45) is 0 Å². The molecule has 1 atom stereocenters. The zero-order valence-corrected chi connectivity index (χ0v) is 11.1. The summed E-state index contributed by atoms with van der Waals surface area (Å²) in [4.78, 5) is 0.